The summed E-state index contributed by atoms with van der Waals surface area (Å²) in [5.41, 5.74) is -1.57. The van der Waals surface area contributed by atoms with Gasteiger partial charge in [-0.15, -0.1) is 0 Å². The number of nitrogens with zero attached hydrogens (tertiary/aromatic N) is 1. The summed E-state index contributed by atoms with van der Waals surface area (Å²) >= 11 is 0. The lowest BCUT2D eigenvalue weighted by molar-refractivity contribution is -0.142. The average Bonchev–Trinajstić information content (AvgIpc) is 3.19. The van der Waals surface area contributed by atoms with Crippen LogP contribution in [0.25, 0.3) is 0 Å². The molecule has 0 aliphatic carbocycles. The third-order valence-electron chi connectivity index (χ3n) is 9.15. The zero-order valence-corrected chi connectivity index (χ0v) is 34.9. The molecule has 0 aliphatic rings. The van der Waals surface area contributed by atoms with Crippen molar-refractivity contribution in [3.63, 3.8) is 0 Å². The van der Waals surface area contributed by atoms with Crippen LogP contribution < -0.4 is 31.5 Å². The fourth-order valence-electron chi connectivity index (χ4n) is 6.01. The van der Waals surface area contributed by atoms with Gasteiger partial charge in [-0.1, -0.05) is 68.5 Å². The van der Waals surface area contributed by atoms with Gasteiger partial charge in [-0.05, 0) is 69.2 Å². The van der Waals surface area contributed by atoms with E-state index in [1.807, 2.05) is 13.8 Å². The highest BCUT2D eigenvalue weighted by molar-refractivity contribution is 6.40. The van der Waals surface area contributed by atoms with Gasteiger partial charge in [-0.2, -0.15) is 0 Å². The molecule has 4 atom stereocenters. The van der Waals surface area contributed by atoms with E-state index in [2.05, 4.69) is 26.6 Å². The molecule has 10 N–H and O–H groups in total. The van der Waals surface area contributed by atoms with Crippen molar-refractivity contribution in [2.24, 2.45) is 5.92 Å². The van der Waals surface area contributed by atoms with Crippen molar-refractivity contribution in [2.45, 2.75) is 109 Å². The van der Waals surface area contributed by atoms with Gasteiger partial charge in [0.25, 0.3) is 5.91 Å². The van der Waals surface area contributed by atoms with Crippen molar-refractivity contribution in [2.75, 3.05) is 4.90 Å². The van der Waals surface area contributed by atoms with E-state index < -0.39 is 122 Å². The number of nitrogens with one attached hydrogen (secondary N) is 5. The minimum atomic E-state index is -1.95. The fraction of sp³-hybridized carbons (Fsp3) is 0.439. The molecule has 0 radical (unpaired) electrons. The van der Waals surface area contributed by atoms with Crippen LogP contribution in [0.1, 0.15) is 84.2 Å². The molecule has 21 heteroatoms. The van der Waals surface area contributed by atoms with Crippen molar-refractivity contribution in [3.05, 3.63) is 78.5 Å². The Kier molecular flexibility index (Phi) is 21.0. The van der Waals surface area contributed by atoms with E-state index in [1.165, 1.54) is 50.4 Å². The monoisotopic (exact) mass is 866 g/mol. The van der Waals surface area contributed by atoms with Gasteiger partial charge < -0.3 is 52.0 Å². The van der Waals surface area contributed by atoms with Crippen LogP contribution >= 0.6 is 0 Å². The lowest BCUT2D eigenvalue weighted by Crippen LogP contribution is -2.63. The predicted molar refractivity (Wildman–Crippen MR) is 223 cm³/mol. The van der Waals surface area contributed by atoms with Gasteiger partial charge in [0, 0.05) is 18.5 Å². The van der Waals surface area contributed by atoms with E-state index in [1.54, 1.807) is 36.4 Å². The molecule has 2 aromatic rings. The Morgan fingerprint density at radius 2 is 1.27 bits per heavy atom. The second-order valence-corrected chi connectivity index (χ2v) is 15.2. The van der Waals surface area contributed by atoms with Crippen molar-refractivity contribution in [1.82, 2.24) is 26.6 Å². The number of carbonyl (C=O) groups is 9. The Morgan fingerprint density at radius 1 is 0.694 bits per heavy atom. The van der Waals surface area contributed by atoms with Gasteiger partial charge in [0.05, 0.1) is 12.8 Å². The first-order valence-corrected chi connectivity index (χ1v) is 19.8. The smallest absolute Gasteiger partial charge is 0.451 e. The summed E-state index contributed by atoms with van der Waals surface area (Å²) in [5.74, 6) is -9.87. The second kappa shape index (κ2) is 25.2. The Bertz CT molecular complexity index is 1910. The Hall–Kier alpha value is -6.61. The third kappa shape index (κ3) is 17.5. The van der Waals surface area contributed by atoms with E-state index in [-0.39, 0.29) is 30.8 Å². The van der Waals surface area contributed by atoms with Crippen LogP contribution in [-0.2, 0) is 43.2 Å². The van der Waals surface area contributed by atoms with Gasteiger partial charge in [0.2, 0.25) is 29.5 Å². The molecule has 62 heavy (non-hydrogen) atoms. The molecular formula is C41H55BN6O14. The molecule has 0 aromatic heterocycles. The highest BCUT2D eigenvalue weighted by Crippen LogP contribution is 2.28. The number of hydrogen-bond acceptors (Lipinski definition) is 11. The lowest BCUT2D eigenvalue weighted by Gasteiger charge is -2.40. The zero-order chi connectivity index (χ0) is 46.6. The SMILES string of the molecule is CC(C)C[C@H](NC(=O)[C@@H](NC(=O)C(C)(C)N(C(=O)[C@H](CCC(=O)O)NC(=O)[C@H](CC(=O)O)NC(=O)CCC(=O)O)c1ccccc1)c1ccccc1)C(=O)NC=CCCB(O)O. The first kappa shape index (κ1) is 51.5. The van der Waals surface area contributed by atoms with Gasteiger partial charge in [0.15, 0.2) is 0 Å². The van der Waals surface area contributed by atoms with Gasteiger partial charge in [-0.25, -0.2) is 0 Å². The summed E-state index contributed by atoms with van der Waals surface area (Å²) in [6.07, 6.45) is -0.205. The minimum Gasteiger partial charge on any atom is -0.481 e. The summed E-state index contributed by atoms with van der Waals surface area (Å²) in [5, 5.41) is 58.5. The normalized spacial score (nSPS) is 13.1. The number of rotatable bonds is 26. The molecule has 0 fully saturated rings. The molecule has 0 saturated carbocycles. The zero-order valence-electron chi connectivity index (χ0n) is 34.9. The first-order chi connectivity index (χ1) is 29.1. The number of hydrogen-bond donors (Lipinski definition) is 10. The maximum atomic E-state index is 14.7. The van der Waals surface area contributed by atoms with E-state index in [0.29, 0.717) is 5.56 Å². The maximum absolute atomic E-state index is 14.7. The topological polar surface area (TPSA) is 318 Å². The summed E-state index contributed by atoms with van der Waals surface area (Å²) in [4.78, 5) is 118. The number of amides is 6. The highest BCUT2D eigenvalue weighted by Gasteiger charge is 2.44. The van der Waals surface area contributed by atoms with Crippen LogP contribution in [0, 0.1) is 5.92 Å². The van der Waals surface area contributed by atoms with Crippen molar-refractivity contribution in [1.29, 1.82) is 0 Å². The van der Waals surface area contributed by atoms with Gasteiger partial charge in [-0.3, -0.25) is 48.1 Å². The van der Waals surface area contributed by atoms with Crippen LogP contribution in [0.3, 0.4) is 0 Å². The van der Waals surface area contributed by atoms with Crippen molar-refractivity contribution >= 4 is 66.2 Å². The number of allylic oxidation sites excluding steroid dienone is 1. The summed E-state index contributed by atoms with van der Waals surface area (Å²) in [6, 6.07) is 9.48. The van der Waals surface area contributed by atoms with E-state index >= 15 is 0 Å². The molecule has 6 amide bonds. The molecule has 0 spiro atoms. The Labute approximate surface area is 358 Å². The van der Waals surface area contributed by atoms with E-state index in [0.717, 1.165) is 4.90 Å². The molecule has 2 rings (SSSR count). The van der Waals surface area contributed by atoms with Crippen LogP contribution in [0.5, 0.6) is 0 Å². The predicted octanol–water partition coefficient (Wildman–Crippen LogP) is 0.853. The van der Waals surface area contributed by atoms with Crippen LogP contribution in [0.2, 0.25) is 6.32 Å². The largest absolute Gasteiger partial charge is 0.481 e. The van der Waals surface area contributed by atoms with E-state index in [4.69, 9.17) is 15.2 Å². The van der Waals surface area contributed by atoms with Crippen molar-refractivity contribution in [3.8, 4) is 0 Å². The maximum Gasteiger partial charge on any atom is 0.451 e. The van der Waals surface area contributed by atoms with Gasteiger partial charge in [0.1, 0.15) is 29.7 Å². The van der Waals surface area contributed by atoms with Crippen LogP contribution in [0.4, 0.5) is 5.69 Å². The number of benzene rings is 2. The number of para-hydroxylation sites is 1. The molecule has 0 aliphatic heterocycles. The van der Waals surface area contributed by atoms with Crippen molar-refractivity contribution < 1.29 is 68.5 Å². The third-order valence-corrected chi connectivity index (χ3v) is 9.15. The molecule has 2 aromatic carbocycles. The molecule has 0 unspecified atom stereocenters. The molecular weight excluding hydrogens is 811 g/mol. The average molecular weight is 867 g/mol. The molecule has 336 valence electrons. The minimum absolute atomic E-state index is 0.0305. The lowest BCUT2D eigenvalue weighted by atomic mass is 9.85. The summed E-state index contributed by atoms with van der Waals surface area (Å²) in [7, 11) is -1.53. The second-order valence-electron chi connectivity index (χ2n) is 15.2. The quantitative estimate of drug-likeness (QED) is 0.0587. The Balaban J connectivity index is 2.56. The first-order valence-electron chi connectivity index (χ1n) is 19.8. The van der Waals surface area contributed by atoms with Crippen LogP contribution in [0.15, 0.2) is 72.9 Å². The Morgan fingerprint density at radius 3 is 1.82 bits per heavy atom. The highest BCUT2D eigenvalue weighted by atomic mass is 16.4. The number of aliphatic carboxylic acids is 3. The number of carboxylic acid groups (broad SMARTS) is 3. The van der Waals surface area contributed by atoms with E-state index in [9.17, 15) is 53.4 Å². The van der Waals surface area contributed by atoms with Gasteiger partial charge >= 0.3 is 25.0 Å². The summed E-state index contributed by atoms with van der Waals surface area (Å²) < 4.78 is 0. The molecule has 0 bridgehead atoms. The summed E-state index contributed by atoms with van der Waals surface area (Å²) in [6.45, 7) is 6.32. The fourth-order valence-corrected chi connectivity index (χ4v) is 6.01. The number of carbonyl (C=O) groups excluding carboxylic acids is 6. The number of carboxylic acids is 3. The molecule has 0 heterocycles. The molecule has 0 saturated heterocycles. The number of anilines is 1. The molecule has 20 nitrogen and oxygen atoms in total. The standard InChI is InChI=1S/C41H55BN6O14/c1-25(2)23-29(36(56)43-22-12-11-21-42(61)62)46-38(58)35(26-13-7-5-8-14-26)47-40(60)41(3,4)48(27-15-9-6-10-16-27)39(59)28(17-19-32(50)51)45-37(57)30(24-34(54)55)44-31(49)18-20-33(52)53/h5-10,12-16,22,25,28-30,35,61-62H,11,17-21,23-24H2,1-4H3,(H,43,56)(H,44,49)(H,45,57)(H,46,58)(H,47,60)(H,50,51)(H,52,53)(H,54,55)/t28-,29-,30-,35-/m0/s1. The van der Waals surface area contributed by atoms with Crippen LogP contribution in [-0.4, -0.2) is 110 Å².